The predicted octanol–water partition coefficient (Wildman–Crippen LogP) is 3.73. The van der Waals surface area contributed by atoms with Gasteiger partial charge in [-0.05, 0) is 72.4 Å². The Morgan fingerprint density at radius 3 is 2.68 bits per heavy atom. The molecule has 0 atom stereocenters. The highest BCUT2D eigenvalue weighted by Gasteiger charge is 2.22. The monoisotopic (exact) mass is 402 g/mol. The minimum absolute atomic E-state index is 0.00575. The van der Waals surface area contributed by atoms with Crippen molar-refractivity contribution in [2.24, 2.45) is 5.92 Å². The van der Waals surface area contributed by atoms with Gasteiger partial charge >= 0.3 is 0 Å². The van der Waals surface area contributed by atoms with Gasteiger partial charge in [0, 0.05) is 13.1 Å². The molecular weight excluding hydrogens is 383 g/mol. The smallest absolute Gasteiger partial charge is 0.240 e. The van der Waals surface area contributed by atoms with Crippen molar-refractivity contribution in [2.75, 3.05) is 19.6 Å². The molecule has 4 nitrogen and oxygen atoms in total. The standard InChI is InChI=1S/C17H20ClFN2O2S2/c18-16-9-15(1-2-17(16)19)25(22,23)20-10-13-3-6-21(7-4-13)11-14-5-8-24-12-14/h1-2,5,8-9,12-13,20H,3-4,6-7,10-11H2. The quantitative estimate of drug-likeness (QED) is 0.800. The van der Waals surface area contributed by atoms with Crippen molar-refractivity contribution >= 4 is 33.0 Å². The fourth-order valence-corrected chi connectivity index (χ4v) is 4.99. The number of rotatable bonds is 6. The molecular formula is C17H20ClFN2O2S2. The summed E-state index contributed by atoms with van der Waals surface area (Å²) >= 11 is 7.37. The molecule has 1 aliphatic rings. The molecule has 0 spiro atoms. The molecule has 2 aromatic rings. The van der Waals surface area contributed by atoms with E-state index in [0.717, 1.165) is 44.6 Å². The minimum Gasteiger partial charge on any atom is -0.299 e. The van der Waals surface area contributed by atoms with Gasteiger partial charge in [-0.25, -0.2) is 17.5 Å². The molecule has 1 fully saturated rings. The van der Waals surface area contributed by atoms with Gasteiger partial charge in [0.2, 0.25) is 10.0 Å². The summed E-state index contributed by atoms with van der Waals surface area (Å²) in [5.41, 5.74) is 1.33. The molecule has 3 rings (SSSR count). The molecule has 8 heteroatoms. The molecule has 0 bridgehead atoms. The highest BCUT2D eigenvalue weighted by atomic mass is 35.5. The number of thiophene rings is 1. The summed E-state index contributed by atoms with van der Waals surface area (Å²) in [4.78, 5) is 2.39. The van der Waals surface area contributed by atoms with Crippen LogP contribution in [0.25, 0.3) is 0 Å². The van der Waals surface area contributed by atoms with Crippen LogP contribution < -0.4 is 4.72 Å². The van der Waals surface area contributed by atoms with Crippen LogP contribution in [0.4, 0.5) is 4.39 Å². The van der Waals surface area contributed by atoms with Crippen molar-refractivity contribution in [3.63, 3.8) is 0 Å². The van der Waals surface area contributed by atoms with E-state index in [1.807, 2.05) is 0 Å². The number of sulfonamides is 1. The molecule has 0 aliphatic carbocycles. The lowest BCUT2D eigenvalue weighted by molar-refractivity contribution is 0.179. The van der Waals surface area contributed by atoms with Gasteiger partial charge < -0.3 is 0 Å². The molecule has 1 aromatic heterocycles. The van der Waals surface area contributed by atoms with E-state index in [0.29, 0.717) is 12.5 Å². The lowest BCUT2D eigenvalue weighted by atomic mass is 9.97. The number of nitrogens with zero attached hydrogens (tertiary/aromatic N) is 1. The maximum Gasteiger partial charge on any atom is 0.240 e. The molecule has 136 valence electrons. The topological polar surface area (TPSA) is 49.4 Å². The Hall–Kier alpha value is -0.990. The van der Waals surface area contributed by atoms with Crippen molar-refractivity contribution < 1.29 is 12.8 Å². The molecule has 0 amide bonds. The first kappa shape index (κ1) is 18.8. The van der Waals surface area contributed by atoms with Gasteiger partial charge in [0.15, 0.2) is 0 Å². The predicted molar refractivity (Wildman–Crippen MR) is 98.9 cm³/mol. The largest absolute Gasteiger partial charge is 0.299 e. The first-order valence-corrected chi connectivity index (χ1v) is 10.9. The zero-order valence-electron chi connectivity index (χ0n) is 13.6. The first-order valence-electron chi connectivity index (χ1n) is 8.12. The molecule has 0 radical (unpaired) electrons. The van der Waals surface area contributed by atoms with E-state index in [9.17, 15) is 12.8 Å². The summed E-state index contributed by atoms with van der Waals surface area (Å²) in [7, 11) is -3.67. The molecule has 2 heterocycles. The summed E-state index contributed by atoms with van der Waals surface area (Å²) in [5.74, 6) is -0.317. The summed E-state index contributed by atoms with van der Waals surface area (Å²) in [6.45, 7) is 3.27. The fraction of sp³-hybridized carbons (Fsp3) is 0.412. The van der Waals surface area contributed by atoms with Crippen molar-refractivity contribution in [1.82, 2.24) is 9.62 Å². The van der Waals surface area contributed by atoms with Crippen LogP contribution in [0.3, 0.4) is 0 Å². The van der Waals surface area contributed by atoms with Gasteiger partial charge in [0.05, 0.1) is 9.92 Å². The van der Waals surface area contributed by atoms with Gasteiger partial charge in [-0.3, -0.25) is 4.90 Å². The number of likely N-dealkylation sites (tertiary alicyclic amines) is 1. The van der Waals surface area contributed by atoms with E-state index in [1.54, 1.807) is 11.3 Å². The normalized spacial score (nSPS) is 17.0. The van der Waals surface area contributed by atoms with E-state index in [2.05, 4.69) is 26.4 Å². The van der Waals surface area contributed by atoms with Crippen LogP contribution in [0.1, 0.15) is 18.4 Å². The fourth-order valence-electron chi connectivity index (χ4n) is 2.94. The third-order valence-corrected chi connectivity index (χ3v) is 6.90. The average molecular weight is 403 g/mol. The second kappa shape index (κ2) is 8.14. The zero-order chi connectivity index (χ0) is 17.9. The second-order valence-corrected chi connectivity index (χ2v) is 9.23. The van der Waals surface area contributed by atoms with E-state index in [1.165, 1.54) is 11.6 Å². The molecule has 0 saturated carbocycles. The van der Waals surface area contributed by atoms with Gasteiger partial charge in [-0.1, -0.05) is 11.6 Å². The zero-order valence-corrected chi connectivity index (χ0v) is 16.0. The lowest BCUT2D eigenvalue weighted by Crippen LogP contribution is -2.38. The van der Waals surface area contributed by atoms with Gasteiger partial charge in [0.25, 0.3) is 0 Å². The van der Waals surface area contributed by atoms with Crippen LogP contribution in [0, 0.1) is 11.7 Å². The van der Waals surface area contributed by atoms with Crippen LogP contribution in [0.2, 0.25) is 5.02 Å². The third kappa shape index (κ3) is 5.01. The van der Waals surface area contributed by atoms with Crippen molar-refractivity contribution in [2.45, 2.75) is 24.3 Å². The minimum atomic E-state index is -3.67. The lowest BCUT2D eigenvalue weighted by Gasteiger charge is -2.31. The number of nitrogens with one attached hydrogen (secondary N) is 1. The maximum absolute atomic E-state index is 13.2. The molecule has 1 aromatic carbocycles. The van der Waals surface area contributed by atoms with Gasteiger partial charge in [-0.2, -0.15) is 11.3 Å². The van der Waals surface area contributed by atoms with Gasteiger partial charge in [0.1, 0.15) is 5.82 Å². The summed E-state index contributed by atoms with van der Waals surface area (Å²) in [6, 6.07) is 5.58. The van der Waals surface area contributed by atoms with E-state index >= 15 is 0 Å². The Kier molecular flexibility index (Phi) is 6.12. The van der Waals surface area contributed by atoms with Crippen LogP contribution in [0.15, 0.2) is 39.9 Å². The second-order valence-electron chi connectivity index (χ2n) is 6.28. The summed E-state index contributed by atoms with van der Waals surface area (Å²) in [6.07, 6.45) is 1.91. The molecule has 1 saturated heterocycles. The van der Waals surface area contributed by atoms with Crippen molar-refractivity contribution in [1.29, 1.82) is 0 Å². The number of benzene rings is 1. The SMILES string of the molecule is O=S(=O)(NCC1CCN(Cc2ccsc2)CC1)c1ccc(F)c(Cl)c1. The Bertz CT molecular complexity index is 804. The van der Waals surface area contributed by atoms with Crippen LogP contribution in [-0.4, -0.2) is 33.0 Å². The molecule has 1 aliphatic heterocycles. The Balaban J connectivity index is 1.49. The molecule has 0 unspecified atom stereocenters. The summed E-state index contributed by atoms with van der Waals surface area (Å²) < 4.78 is 40.4. The molecule has 1 N–H and O–H groups in total. The number of piperidine rings is 1. The Morgan fingerprint density at radius 2 is 2.04 bits per heavy atom. The first-order chi connectivity index (χ1) is 11.9. The van der Waals surface area contributed by atoms with Crippen LogP contribution >= 0.6 is 22.9 Å². The van der Waals surface area contributed by atoms with E-state index in [4.69, 9.17) is 11.6 Å². The summed E-state index contributed by atoms with van der Waals surface area (Å²) in [5, 5.41) is 4.05. The van der Waals surface area contributed by atoms with E-state index < -0.39 is 15.8 Å². The highest BCUT2D eigenvalue weighted by molar-refractivity contribution is 7.89. The average Bonchev–Trinajstić information content (AvgIpc) is 3.10. The third-order valence-electron chi connectivity index (χ3n) is 4.46. The van der Waals surface area contributed by atoms with Crippen LogP contribution in [0.5, 0.6) is 0 Å². The van der Waals surface area contributed by atoms with Crippen LogP contribution in [-0.2, 0) is 16.6 Å². The van der Waals surface area contributed by atoms with E-state index in [-0.39, 0.29) is 9.92 Å². The maximum atomic E-state index is 13.2. The number of hydrogen-bond donors (Lipinski definition) is 1. The van der Waals surface area contributed by atoms with Gasteiger partial charge in [-0.15, -0.1) is 0 Å². The van der Waals surface area contributed by atoms with Crippen molar-refractivity contribution in [3.05, 3.63) is 51.4 Å². The van der Waals surface area contributed by atoms with Crippen molar-refractivity contribution in [3.8, 4) is 0 Å². The highest BCUT2D eigenvalue weighted by Crippen LogP contribution is 2.22. The Labute approximate surface area is 156 Å². The number of halogens is 2. The Morgan fingerprint density at radius 1 is 1.28 bits per heavy atom. The number of hydrogen-bond acceptors (Lipinski definition) is 4. The molecule has 25 heavy (non-hydrogen) atoms.